The van der Waals surface area contributed by atoms with Crippen molar-refractivity contribution in [3.05, 3.63) is 217 Å². The van der Waals surface area contributed by atoms with Gasteiger partial charge in [-0.3, -0.25) is 0 Å². The van der Waals surface area contributed by atoms with Crippen molar-refractivity contribution >= 4 is 70.3 Å². The standard InChI is InChI=1S/C55H38N2S/c1-55-35-40(38-25-30-49-46(33-38)44-17-8-10-20-48(44)56(49)41-15-6-3-7-16-41)27-32-53(55)57(42-28-23-37(24-29-42)36-13-4-2-5-14-36)50-31-26-39(34-47(50)55)43-19-12-22-52-54(43)45-18-9-11-21-51(45)58-52/h2-34H,35H2,1H3. The van der Waals surface area contributed by atoms with Gasteiger partial charge in [0.25, 0.3) is 0 Å². The van der Waals surface area contributed by atoms with Crippen LogP contribution < -0.4 is 4.90 Å². The van der Waals surface area contributed by atoms with E-state index in [0.29, 0.717) is 0 Å². The van der Waals surface area contributed by atoms with E-state index in [1.807, 2.05) is 11.3 Å². The molecule has 2 aliphatic rings. The van der Waals surface area contributed by atoms with Crippen molar-refractivity contribution in [3.8, 4) is 27.9 Å². The molecular weight excluding hydrogens is 721 g/mol. The third-order valence-electron chi connectivity index (χ3n) is 12.6. The Kier molecular flexibility index (Phi) is 7.33. The molecule has 0 fully saturated rings. The van der Waals surface area contributed by atoms with Crippen LogP contribution in [-0.4, -0.2) is 4.57 Å². The number of allylic oxidation sites excluding steroid dienone is 4. The van der Waals surface area contributed by atoms with Crippen LogP contribution in [0.3, 0.4) is 0 Å². The van der Waals surface area contributed by atoms with Crippen molar-refractivity contribution < 1.29 is 0 Å². The number of thiophene rings is 1. The maximum Gasteiger partial charge on any atom is 0.0541 e. The maximum atomic E-state index is 2.51. The zero-order valence-electron chi connectivity index (χ0n) is 32.1. The predicted octanol–water partition coefficient (Wildman–Crippen LogP) is 15.3. The number of hydrogen-bond donors (Lipinski definition) is 0. The second kappa shape index (κ2) is 12.8. The molecule has 0 spiro atoms. The van der Waals surface area contributed by atoms with Crippen LogP contribution in [0, 0.1) is 0 Å². The molecule has 0 saturated carbocycles. The number of para-hydroxylation sites is 2. The molecule has 1 atom stereocenters. The highest BCUT2D eigenvalue weighted by atomic mass is 32.1. The summed E-state index contributed by atoms with van der Waals surface area (Å²) in [6, 6.07) is 69.3. The SMILES string of the molecule is CC12CC(c3ccc4c(c3)c3ccccc3n4-c3ccccc3)=CC=C1N(c1ccc(-c3ccccc3)cc1)c1ccc(-c3cccc4sc5ccccc5c34)cc12. The fraction of sp³-hybridized carbons (Fsp3) is 0.0545. The number of nitrogens with zero attached hydrogens (tertiary/aromatic N) is 2. The van der Waals surface area contributed by atoms with E-state index in [-0.39, 0.29) is 5.41 Å². The molecule has 1 aliphatic heterocycles. The molecular formula is C55H38N2S. The Hall–Kier alpha value is -6.94. The Labute approximate surface area is 341 Å². The van der Waals surface area contributed by atoms with Crippen molar-refractivity contribution in [1.29, 1.82) is 0 Å². The van der Waals surface area contributed by atoms with E-state index in [1.165, 1.54) is 104 Å². The fourth-order valence-electron chi connectivity index (χ4n) is 9.87. The van der Waals surface area contributed by atoms with Crippen molar-refractivity contribution in [2.24, 2.45) is 0 Å². The molecule has 0 bridgehead atoms. The second-order valence-corrected chi connectivity index (χ2v) is 17.0. The summed E-state index contributed by atoms with van der Waals surface area (Å²) >= 11 is 1.88. The summed E-state index contributed by atoms with van der Waals surface area (Å²) in [7, 11) is 0. The van der Waals surface area contributed by atoms with Gasteiger partial charge in [0, 0.05) is 53.4 Å². The van der Waals surface area contributed by atoms with Gasteiger partial charge in [-0.15, -0.1) is 11.3 Å². The van der Waals surface area contributed by atoms with Gasteiger partial charge in [-0.25, -0.2) is 0 Å². The summed E-state index contributed by atoms with van der Waals surface area (Å²) in [4.78, 5) is 2.51. The molecule has 12 rings (SSSR count). The Morgan fingerprint density at radius 2 is 1.16 bits per heavy atom. The van der Waals surface area contributed by atoms with Crippen LogP contribution in [0.2, 0.25) is 0 Å². The van der Waals surface area contributed by atoms with Crippen molar-refractivity contribution in [3.63, 3.8) is 0 Å². The lowest BCUT2D eigenvalue weighted by molar-refractivity contribution is 0.586. The van der Waals surface area contributed by atoms with Gasteiger partial charge in [0.2, 0.25) is 0 Å². The Balaban J connectivity index is 1.02. The molecule has 274 valence electrons. The molecule has 0 radical (unpaired) electrons. The normalized spacial score (nSPS) is 16.2. The van der Waals surface area contributed by atoms with Gasteiger partial charge in [0.05, 0.1) is 16.7 Å². The Morgan fingerprint density at radius 3 is 2.00 bits per heavy atom. The topological polar surface area (TPSA) is 8.17 Å². The van der Waals surface area contributed by atoms with Crippen molar-refractivity contribution in [1.82, 2.24) is 4.57 Å². The molecule has 10 aromatic rings. The second-order valence-electron chi connectivity index (χ2n) is 15.9. The van der Waals surface area contributed by atoms with Crippen LogP contribution in [0.1, 0.15) is 24.5 Å². The molecule has 58 heavy (non-hydrogen) atoms. The summed E-state index contributed by atoms with van der Waals surface area (Å²) in [6.07, 6.45) is 5.67. The molecule has 0 N–H and O–H groups in total. The minimum atomic E-state index is -0.259. The van der Waals surface area contributed by atoms with Gasteiger partial charge in [-0.2, -0.15) is 0 Å². The number of fused-ring (bicyclic) bond motifs is 9. The largest absolute Gasteiger partial charge is 0.313 e. The molecule has 3 heterocycles. The molecule has 1 unspecified atom stereocenters. The minimum Gasteiger partial charge on any atom is -0.313 e. The highest BCUT2D eigenvalue weighted by molar-refractivity contribution is 7.25. The third kappa shape index (κ3) is 4.97. The zero-order chi connectivity index (χ0) is 38.4. The van der Waals surface area contributed by atoms with Crippen LogP contribution in [0.5, 0.6) is 0 Å². The predicted molar refractivity (Wildman–Crippen MR) is 248 cm³/mol. The molecule has 2 aromatic heterocycles. The first-order valence-electron chi connectivity index (χ1n) is 20.1. The van der Waals surface area contributed by atoms with Gasteiger partial charge in [0.15, 0.2) is 0 Å². The molecule has 0 amide bonds. The number of anilines is 2. The summed E-state index contributed by atoms with van der Waals surface area (Å²) in [6.45, 7) is 2.47. The fourth-order valence-corrected chi connectivity index (χ4v) is 11.0. The highest BCUT2D eigenvalue weighted by Crippen LogP contribution is 2.57. The first-order valence-corrected chi connectivity index (χ1v) is 21.0. The van der Waals surface area contributed by atoms with Gasteiger partial charge in [-0.1, -0.05) is 127 Å². The maximum absolute atomic E-state index is 2.51. The first kappa shape index (κ1) is 33.2. The van der Waals surface area contributed by atoms with Crippen LogP contribution in [0.15, 0.2) is 206 Å². The van der Waals surface area contributed by atoms with Gasteiger partial charge in [-0.05, 0) is 125 Å². The van der Waals surface area contributed by atoms with Crippen molar-refractivity contribution in [2.75, 3.05) is 4.90 Å². The van der Waals surface area contributed by atoms with E-state index in [1.54, 1.807) is 0 Å². The highest BCUT2D eigenvalue weighted by Gasteiger charge is 2.46. The quantitative estimate of drug-likeness (QED) is 0.170. The Bertz CT molecular complexity index is 3310. The lowest BCUT2D eigenvalue weighted by Crippen LogP contribution is -2.28. The van der Waals surface area contributed by atoms with E-state index in [4.69, 9.17) is 0 Å². The lowest BCUT2D eigenvalue weighted by atomic mass is 9.72. The summed E-state index contributed by atoms with van der Waals surface area (Å²) in [5.41, 5.74) is 16.1. The average Bonchev–Trinajstić information content (AvgIpc) is 3.92. The number of benzene rings is 8. The van der Waals surface area contributed by atoms with Crippen LogP contribution in [0.4, 0.5) is 11.4 Å². The van der Waals surface area contributed by atoms with Gasteiger partial charge in [0.1, 0.15) is 0 Å². The zero-order valence-corrected chi connectivity index (χ0v) is 32.9. The number of aromatic nitrogens is 1. The van der Waals surface area contributed by atoms with E-state index in [9.17, 15) is 0 Å². The number of hydrogen-bond acceptors (Lipinski definition) is 2. The summed E-state index contributed by atoms with van der Waals surface area (Å²) in [5, 5.41) is 5.24. The van der Waals surface area contributed by atoms with Gasteiger partial charge < -0.3 is 9.47 Å². The average molecular weight is 759 g/mol. The smallest absolute Gasteiger partial charge is 0.0541 e. The minimum absolute atomic E-state index is 0.259. The molecule has 3 heteroatoms. The van der Waals surface area contributed by atoms with E-state index in [0.717, 1.165) is 6.42 Å². The number of rotatable bonds is 5. The first-order chi connectivity index (χ1) is 28.6. The third-order valence-corrected chi connectivity index (χ3v) is 13.8. The monoisotopic (exact) mass is 758 g/mol. The van der Waals surface area contributed by atoms with Gasteiger partial charge >= 0.3 is 0 Å². The van der Waals surface area contributed by atoms with E-state index < -0.39 is 0 Å². The summed E-state index contributed by atoms with van der Waals surface area (Å²) in [5.74, 6) is 0. The summed E-state index contributed by atoms with van der Waals surface area (Å²) < 4.78 is 5.06. The Morgan fingerprint density at radius 1 is 0.483 bits per heavy atom. The van der Waals surface area contributed by atoms with E-state index in [2.05, 4.69) is 217 Å². The van der Waals surface area contributed by atoms with Crippen LogP contribution in [-0.2, 0) is 5.41 Å². The lowest BCUT2D eigenvalue weighted by Gasteiger charge is -2.34. The van der Waals surface area contributed by atoms with E-state index >= 15 is 0 Å². The molecule has 2 nitrogen and oxygen atoms in total. The van der Waals surface area contributed by atoms with Crippen LogP contribution in [0.25, 0.3) is 75.5 Å². The van der Waals surface area contributed by atoms with Crippen molar-refractivity contribution in [2.45, 2.75) is 18.8 Å². The molecule has 0 saturated heterocycles. The van der Waals surface area contributed by atoms with Crippen LogP contribution >= 0.6 is 11.3 Å². The molecule has 1 aliphatic carbocycles. The molecule has 8 aromatic carbocycles.